The van der Waals surface area contributed by atoms with E-state index in [0.29, 0.717) is 0 Å². The van der Waals surface area contributed by atoms with Gasteiger partial charge in [-0.1, -0.05) is 413 Å². The fraction of sp³-hybridized carbons (Fsp3) is 0. The number of hydrogen-bond donors (Lipinski definition) is 0. The molecule has 0 amide bonds. The predicted octanol–water partition coefficient (Wildman–Crippen LogP) is 33.3. The Bertz CT molecular complexity index is 6980. The van der Waals surface area contributed by atoms with Crippen molar-refractivity contribution in [1.82, 2.24) is 0 Å². The summed E-state index contributed by atoms with van der Waals surface area (Å²) in [6.45, 7) is 0. The highest BCUT2D eigenvalue weighted by atomic mass is 15.1. The van der Waals surface area contributed by atoms with Gasteiger partial charge >= 0.3 is 0 Å². The number of nitrogens with zero attached hydrogens (tertiary/aromatic N) is 2. The first kappa shape index (κ1) is 73.2. The van der Waals surface area contributed by atoms with E-state index in [1.54, 1.807) is 0 Å². The summed E-state index contributed by atoms with van der Waals surface area (Å²) < 4.78 is 0. The summed E-state index contributed by atoms with van der Waals surface area (Å²) >= 11 is 0. The zero-order valence-corrected chi connectivity index (χ0v) is 66.2. The molecular formula is C118H82N2. The second-order valence-electron chi connectivity index (χ2n) is 30.7. The van der Waals surface area contributed by atoms with Gasteiger partial charge in [-0.05, 0) is 250 Å². The molecule has 0 heterocycles. The van der Waals surface area contributed by atoms with Crippen LogP contribution in [0.3, 0.4) is 0 Å². The first-order valence-electron chi connectivity index (χ1n) is 41.2. The van der Waals surface area contributed by atoms with Crippen LogP contribution in [0, 0.1) is 0 Å². The molecule has 0 spiro atoms. The minimum Gasteiger partial charge on any atom is -0.311 e. The van der Waals surface area contributed by atoms with Crippen LogP contribution in [0.5, 0.6) is 0 Å². The summed E-state index contributed by atoms with van der Waals surface area (Å²) in [4.78, 5) is 4.70. The molecule has 120 heavy (non-hydrogen) atoms. The molecule has 0 saturated heterocycles. The van der Waals surface area contributed by atoms with Crippen molar-refractivity contribution in [3.05, 3.63) is 497 Å². The molecule has 21 aromatic rings. The van der Waals surface area contributed by atoms with Crippen molar-refractivity contribution in [1.29, 1.82) is 0 Å². The average Bonchev–Trinajstić information content (AvgIpc) is 0.789. The van der Waals surface area contributed by atoms with Gasteiger partial charge in [0.25, 0.3) is 0 Å². The van der Waals surface area contributed by atoms with Gasteiger partial charge in [-0.3, -0.25) is 0 Å². The Kier molecular flexibility index (Phi) is 20.3. The van der Waals surface area contributed by atoms with Crippen LogP contribution >= 0.6 is 0 Å². The highest BCUT2D eigenvalue weighted by Crippen LogP contribution is 2.44. The molecular weight excluding hydrogens is 1450 g/mol. The lowest BCUT2D eigenvalue weighted by Crippen LogP contribution is -2.09. The first-order valence-corrected chi connectivity index (χ1v) is 41.2. The van der Waals surface area contributed by atoms with Gasteiger partial charge in [-0.2, -0.15) is 0 Å². The predicted molar refractivity (Wildman–Crippen MR) is 512 cm³/mol. The Labute approximate surface area is 702 Å². The summed E-state index contributed by atoms with van der Waals surface area (Å²) in [5.74, 6) is 0. The normalized spacial score (nSPS) is 11.2. The third kappa shape index (κ3) is 15.2. The summed E-state index contributed by atoms with van der Waals surface area (Å²) in [5.41, 5.74) is 33.2. The summed E-state index contributed by atoms with van der Waals surface area (Å²) in [6, 6.07) is 180. The molecule has 0 aliphatic heterocycles. The van der Waals surface area contributed by atoms with Crippen LogP contribution in [-0.4, -0.2) is 0 Å². The number of fused-ring (bicyclic) bond motifs is 4. The topological polar surface area (TPSA) is 6.48 Å². The minimum atomic E-state index is 1.09. The van der Waals surface area contributed by atoms with Gasteiger partial charge in [0.05, 0.1) is 0 Å². The standard InChI is InChI=1S/C62H43N.C56H39N/c1-2-11-44(12-3-1)54-17-8-18-55(43-54)49-35-41-58(42-36-49)63(56-37-31-47(32-38-56)45-23-27-52(28-24-45)61-21-9-15-50-13-4-6-19-59(50)61)57-39-33-48(34-40-57)46-25-29-53(30-26-46)62-22-10-16-51-14-5-7-20-60(51)62;1-2-11-40(12-3-1)48-17-8-18-49(39-48)43-29-35-51(36-30-43)57(52-37-31-47(32-38-52)56-22-10-16-45-14-5-7-20-54(45)56)50-33-27-42(28-34-50)41-23-25-46(26-24-41)55-21-9-15-44-13-4-6-19-53(44)55/h1-43H;1-39H. The largest absolute Gasteiger partial charge is 0.311 e. The molecule has 0 unspecified atom stereocenters. The van der Waals surface area contributed by atoms with E-state index in [-0.39, 0.29) is 0 Å². The smallest absolute Gasteiger partial charge is 0.0462 e. The van der Waals surface area contributed by atoms with Crippen molar-refractivity contribution in [3.8, 4) is 122 Å². The van der Waals surface area contributed by atoms with Crippen LogP contribution in [0.4, 0.5) is 34.1 Å². The van der Waals surface area contributed by atoms with Gasteiger partial charge in [0.1, 0.15) is 0 Å². The molecule has 21 aromatic carbocycles. The number of hydrogen-bond acceptors (Lipinski definition) is 2. The van der Waals surface area contributed by atoms with E-state index in [4.69, 9.17) is 0 Å². The number of benzene rings is 21. The molecule has 2 heteroatoms. The number of anilines is 6. The second-order valence-corrected chi connectivity index (χ2v) is 30.7. The summed E-state index contributed by atoms with van der Waals surface area (Å²) in [5, 5.41) is 10.1. The van der Waals surface area contributed by atoms with Crippen LogP contribution in [0.2, 0.25) is 0 Å². The molecule has 0 radical (unpaired) electrons. The first-order chi connectivity index (χ1) is 59.5. The minimum absolute atomic E-state index is 1.09. The van der Waals surface area contributed by atoms with Crippen molar-refractivity contribution in [2.24, 2.45) is 0 Å². The van der Waals surface area contributed by atoms with Crippen LogP contribution in [0.15, 0.2) is 497 Å². The highest BCUT2D eigenvalue weighted by molar-refractivity contribution is 6.01. The Morgan fingerprint density at radius 1 is 0.100 bits per heavy atom. The zero-order chi connectivity index (χ0) is 79.9. The van der Waals surface area contributed by atoms with Gasteiger partial charge in [0.15, 0.2) is 0 Å². The third-order valence-corrected chi connectivity index (χ3v) is 23.4. The van der Waals surface area contributed by atoms with Gasteiger partial charge < -0.3 is 9.80 Å². The van der Waals surface area contributed by atoms with Gasteiger partial charge in [0.2, 0.25) is 0 Å². The fourth-order valence-electron chi connectivity index (χ4n) is 17.2. The van der Waals surface area contributed by atoms with E-state index in [2.05, 4.69) is 507 Å². The van der Waals surface area contributed by atoms with Crippen molar-refractivity contribution in [2.75, 3.05) is 9.80 Å². The summed E-state index contributed by atoms with van der Waals surface area (Å²) in [6.07, 6.45) is 0. The maximum Gasteiger partial charge on any atom is 0.0462 e. The fourth-order valence-corrected chi connectivity index (χ4v) is 17.2. The molecule has 21 rings (SSSR count). The van der Waals surface area contributed by atoms with E-state index >= 15 is 0 Å². The van der Waals surface area contributed by atoms with Gasteiger partial charge in [-0.15, -0.1) is 0 Å². The third-order valence-electron chi connectivity index (χ3n) is 23.4. The lowest BCUT2D eigenvalue weighted by atomic mass is 9.96. The number of rotatable bonds is 17. The highest BCUT2D eigenvalue weighted by Gasteiger charge is 2.19. The molecule has 0 aromatic heterocycles. The quantitative estimate of drug-likeness (QED) is 0.0896. The van der Waals surface area contributed by atoms with E-state index in [9.17, 15) is 0 Å². The maximum atomic E-state index is 2.35. The Balaban J connectivity index is 0.000000154. The Morgan fingerprint density at radius 2 is 0.250 bits per heavy atom. The summed E-state index contributed by atoms with van der Waals surface area (Å²) in [7, 11) is 0. The average molecular weight is 1530 g/mol. The van der Waals surface area contributed by atoms with Crippen molar-refractivity contribution in [2.45, 2.75) is 0 Å². The van der Waals surface area contributed by atoms with Crippen LogP contribution in [0.25, 0.3) is 165 Å². The molecule has 0 bridgehead atoms. The van der Waals surface area contributed by atoms with E-state index < -0.39 is 0 Å². The van der Waals surface area contributed by atoms with Crippen molar-refractivity contribution in [3.63, 3.8) is 0 Å². The molecule has 0 fully saturated rings. The van der Waals surface area contributed by atoms with Crippen LogP contribution in [0.1, 0.15) is 0 Å². The second kappa shape index (κ2) is 33.2. The molecule has 2 nitrogen and oxygen atoms in total. The van der Waals surface area contributed by atoms with E-state index in [0.717, 1.165) is 34.1 Å². The van der Waals surface area contributed by atoms with Crippen LogP contribution < -0.4 is 9.80 Å². The lowest BCUT2D eigenvalue weighted by molar-refractivity contribution is 1.28. The van der Waals surface area contributed by atoms with Gasteiger partial charge in [0, 0.05) is 34.1 Å². The monoisotopic (exact) mass is 1530 g/mol. The van der Waals surface area contributed by atoms with Crippen LogP contribution in [-0.2, 0) is 0 Å². The molecule has 0 saturated carbocycles. The van der Waals surface area contributed by atoms with E-state index in [1.165, 1.54) is 165 Å². The van der Waals surface area contributed by atoms with Crippen molar-refractivity contribution < 1.29 is 0 Å². The molecule has 564 valence electrons. The Morgan fingerprint density at radius 3 is 0.483 bits per heavy atom. The maximum absolute atomic E-state index is 2.35. The molecule has 0 N–H and O–H groups in total. The van der Waals surface area contributed by atoms with E-state index in [1.807, 2.05) is 0 Å². The zero-order valence-electron chi connectivity index (χ0n) is 66.2. The molecule has 0 aliphatic rings. The lowest BCUT2D eigenvalue weighted by Gasteiger charge is -2.26. The SMILES string of the molecule is c1ccc(-c2cccc(-c3ccc(N(c4ccc(-c5ccc(-c6cccc7ccccc67)cc5)cc4)c4ccc(-c5ccc(-c6cccc7ccccc67)cc5)cc4)cc3)c2)cc1.c1ccc(-c2cccc(-c3ccc(N(c4ccc(-c5ccc(-c6cccc7ccccc67)cc5)cc4)c4ccc(-c5cccc6ccccc56)cc4)cc3)c2)cc1. The van der Waals surface area contributed by atoms with Crippen molar-refractivity contribution >= 4 is 77.2 Å². The van der Waals surface area contributed by atoms with Gasteiger partial charge in [-0.25, -0.2) is 0 Å². The Hall–Kier alpha value is -15.7. The molecule has 0 atom stereocenters. The molecule has 0 aliphatic carbocycles.